The van der Waals surface area contributed by atoms with Gasteiger partial charge in [-0.3, -0.25) is 9.69 Å². The highest BCUT2D eigenvalue weighted by Gasteiger charge is 2.29. The van der Waals surface area contributed by atoms with Crippen LogP contribution >= 0.6 is 0 Å². The van der Waals surface area contributed by atoms with Gasteiger partial charge in [-0.05, 0) is 31.9 Å². The molecule has 0 aliphatic carbocycles. The van der Waals surface area contributed by atoms with E-state index in [1.54, 1.807) is 12.1 Å². The number of ether oxygens (including phenoxy) is 1. The third-order valence-corrected chi connectivity index (χ3v) is 4.11. The molecule has 1 aromatic carbocycles. The van der Waals surface area contributed by atoms with Gasteiger partial charge in [-0.2, -0.15) is 8.78 Å². The first-order valence-electron chi connectivity index (χ1n) is 7.71. The summed E-state index contributed by atoms with van der Waals surface area (Å²) < 4.78 is 29.2. The normalized spacial score (nSPS) is 22.1. The summed E-state index contributed by atoms with van der Waals surface area (Å²) in [5.41, 5.74) is 0.211. The molecule has 23 heavy (non-hydrogen) atoms. The first-order chi connectivity index (χ1) is 11.0. The molecule has 0 spiro atoms. The summed E-state index contributed by atoms with van der Waals surface area (Å²) in [4.78, 5) is 14.2. The number of likely N-dealkylation sites (tertiary alicyclic amines) is 1. The van der Waals surface area contributed by atoms with Crippen molar-refractivity contribution in [3.63, 3.8) is 0 Å². The number of carbonyl (C=O) groups is 1. The minimum atomic E-state index is -2.95. The maximum atomic E-state index is 12.4. The van der Waals surface area contributed by atoms with Crippen LogP contribution in [0.1, 0.15) is 26.2 Å². The van der Waals surface area contributed by atoms with Crippen LogP contribution in [0.3, 0.4) is 0 Å². The fourth-order valence-electron chi connectivity index (χ4n) is 2.95. The molecule has 1 aliphatic rings. The number of nitrogens with one attached hydrogen (secondary N) is 1. The molecule has 0 saturated carbocycles. The van der Waals surface area contributed by atoms with Crippen molar-refractivity contribution in [2.75, 3.05) is 18.5 Å². The van der Waals surface area contributed by atoms with Gasteiger partial charge in [0, 0.05) is 12.1 Å². The van der Waals surface area contributed by atoms with Crippen LogP contribution in [0.2, 0.25) is 0 Å². The number of aliphatic hydroxyl groups is 1. The zero-order valence-corrected chi connectivity index (χ0v) is 13.0. The maximum absolute atomic E-state index is 12.4. The number of anilines is 1. The fourth-order valence-corrected chi connectivity index (χ4v) is 2.95. The number of rotatable bonds is 6. The van der Waals surface area contributed by atoms with E-state index in [1.807, 2.05) is 11.8 Å². The summed E-state index contributed by atoms with van der Waals surface area (Å²) in [6.45, 7) is -0.824. The smallest absolute Gasteiger partial charge is 0.387 e. The van der Waals surface area contributed by atoms with E-state index in [9.17, 15) is 18.7 Å². The monoisotopic (exact) mass is 328 g/mol. The number of para-hydroxylation sites is 2. The number of hydrogen-bond donors (Lipinski definition) is 2. The van der Waals surface area contributed by atoms with Crippen LogP contribution in [-0.2, 0) is 4.79 Å². The SMILES string of the molecule is CC1CCCC(CO)N1CC(=O)Nc1ccccc1OC(F)F. The lowest BCUT2D eigenvalue weighted by Crippen LogP contribution is -2.50. The fraction of sp³-hybridized carbons (Fsp3) is 0.562. The van der Waals surface area contributed by atoms with Crippen LogP contribution in [0.15, 0.2) is 24.3 Å². The molecule has 1 aliphatic heterocycles. The first-order valence-corrected chi connectivity index (χ1v) is 7.71. The van der Waals surface area contributed by atoms with E-state index in [1.165, 1.54) is 12.1 Å². The highest BCUT2D eigenvalue weighted by Crippen LogP contribution is 2.26. The Morgan fingerprint density at radius 2 is 2.17 bits per heavy atom. The van der Waals surface area contributed by atoms with Gasteiger partial charge in [-0.1, -0.05) is 18.6 Å². The largest absolute Gasteiger partial charge is 0.433 e. The van der Waals surface area contributed by atoms with Crippen molar-refractivity contribution in [3.05, 3.63) is 24.3 Å². The second kappa shape index (κ2) is 8.21. The number of aliphatic hydroxyl groups excluding tert-OH is 1. The predicted octanol–water partition coefficient (Wildman–Crippen LogP) is 2.46. The van der Waals surface area contributed by atoms with E-state index in [4.69, 9.17) is 0 Å². The molecule has 2 atom stereocenters. The van der Waals surface area contributed by atoms with Crippen LogP contribution in [0.5, 0.6) is 5.75 Å². The number of benzene rings is 1. The Labute approximate surface area is 134 Å². The van der Waals surface area contributed by atoms with E-state index >= 15 is 0 Å². The maximum Gasteiger partial charge on any atom is 0.387 e. The van der Waals surface area contributed by atoms with E-state index in [0.29, 0.717) is 0 Å². The molecule has 1 aromatic rings. The molecule has 7 heteroatoms. The summed E-state index contributed by atoms with van der Waals surface area (Å²) >= 11 is 0. The van der Waals surface area contributed by atoms with Gasteiger partial charge in [-0.15, -0.1) is 0 Å². The van der Waals surface area contributed by atoms with Crippen LogP contribution < -0.4 is 10.1 Å². The molecule has 2 unspecified atom stereocenters. The van der Waals surface area contributed by atoms with Crippen molar-refractivity contribution >= 4 is 11.6 Å². The Bertz CT molecular complexity index is 528. The molecular weight excluding hydrogens is 306 g/mol. The highest BCUT2D eigenvalue weighted by atomic mass is 19.3. The Balaban J connectivity index is 2.01. The molecule has 1 saturated heterocycles. The number of carbonyl (C=O) groups excluding carboxylic acids is 1. The third kappa shape index (κ3) is 4.87. The number of piperidine rings is 1. The predicted molar refractivity (Wildman–Crippen MR) is 82.6 cm³/mol. The lowest BCUT2D eigenvalue weighted by molar-refractivity contribution is -0.119. The summed E-state index contributed by atoms with van der Waals surface area (Å²) in [6, 6.07) is 6.23. The van der Waals surface area contributed by atoms with Crippen molar-refractivity contribution < 1.29 is 23.4 Å². The van der Waals surface area contributed by atoms with Gasteiger partial charge in [0.2, 0.25) is 5.91 Å². The molecule has 5 nitrogen and oxygen atoms in total. The minimum absolute atomic E-state index is 0.00268. The van der Waals surface area contributed by atoms with Gasteiger partial charge in [0.25, 0.3) is 0 Å². The molecule has 1 fully saturated rings. The first kappa shape index (κ1) is 17.6. The molecule has 2 N–H and O–H groups in total. The van der Waals surface area contributed by atoms with Crippen LogP contribution in [-0.4, -0.2) is 47.8 Å². The van der Waals surface area contributed by atoms with E-state index in [0.717, 1.165) is 19.3 Å². The Morgan fingerprint density at radius 3 is 2.87 bits per heavy atom. The van der Waals surface area contributed by atoms with E-state index in [-0.39, 0.29) is 42.6 Å². The molecule has 128 valence electrons. The van der Waals surface area contributed by atoms with E-state index in [2.05, 4.69) is 10.1 Å². The average molecular weight is 328 g/mol. The van der Waals surface area contributed by atoms with Crippen molar-refractivity contribution in [1.29, 1.82) is 0 Å². The molecule has 0 aromatic heterocycles. The topological polar surface area (TPSA) is 61.8 Å². The van der Waals surface area contributed by atoms with Gasteiger partial charge in [0.05, 0.1) is 18.8 Å². The number of hydrogen-bond acceptors (Lipinski definition) is 4. The second-order valence-electron chi connectivity index (χ2n) is 5.71. The van der Waals surface area contributed by atoms with Crippen LogP contribution in [0, 0.1) is 0 Å². The Hall–Kier alpha value is -1.73. The number of nitrogens with zero attached hydrogens (tertiary/aromatic N) is 1. The number of amides is 1. The molecular formula is C16H22F2N2O3. The van der Waals surface area contributed by atoms with Crippen LogP contribution in [0.25, 0.3) is 0 Å². The summed E-state index contributed by atoms with van der Waals surface area (Å²) in [5.74, 6) is -0.385. The van der Waals surface area contributed by atoms with Crippen molar-refractivity contribution in [1.82, 2.24) is 4.90 Å². The van der Waals surface area contributed by atoms with Gasteiger partial charge in [0.15, 0.2) is 0 Å². The van der Waals surface area contributed by atoms with Gasteiger partial charge >= 0.3 is 6.61 Å². The minimum Gasteiger partial charge on any atom is -0.433 e. The Kier molecular flexibility index (Phi) is 6.29. The molecule has 2 rings (SSSR count). The average Bonchev–Trinajstić information content (AvgIpc) is 2.50. The second-order valence-corrected chi connectivity index (χ2v) is 5.71. The number of halogens is 2. The summed E-state index contributed by atoms with van der Waals surface area (Å²) in [5, 5.41) is 12.1. The molecule has 0 bridgehead atoms. The molecule has 1 heterocycles. The number of alkyl halides is 2. The highest BCUT2D eigenvalue weighted by molar-refractivity contribution is 5.93. The third-order valence-electron chi connectivity index (χ3n) is 4.11. The van der Waals surface area contributed by atoms with Gasteiger partial charge in [-0.25, -0.2) is 0 Å². The Morgan fingerprint density at radius 1 is 1.43 bits per heavy atom. The zero-order valence-electron chi connectivity index (χ0n) is 13.0. The molecule has 1 amide bonds. The summed E-state index contributed by atoms with van der Waals surface area (Å²) in [7, 11) is 0. The van der Waals surface area contributed by atoms with E-state index < -0.39 is 6.61 Å². The lowest BCUT2D eigenvalue weighted by Gasteiger charge is -2.39. The lowest BCUT2D eigenvalue weighted by atomic mass is 9.97. The van der Waals surface area contributed by atoms with Gasteiger partial charge in [0.1, 0.15) is 5.75 Å². The zero-order chi connectivity index (χ0) is 16.8. The summed E-state index contributed by atoms with van der Waals surface area (Å²) in [6.07, 6.45) is 2.84. The van der Waals surface area contributed by atoms with Crippen molar-refractivity contribution in [2.45, 2.75) is 44.9 Å². The van der Waals surface area contributed by atoms with Crippen molar-refractivity contribution in [3.8, 4) is 5.75 Å². The quantitative estimate of drug-likeness (QED) is 0.842. The van der Waals surface area contributed by atoms with Gasteiger partial charge < -0.3 is 15.2 Å². The standard InChI is InChI=1S/C16H22F2N2O3/c1-11-5-4-6-12(10-21)20(11)9-15(22)19-13-7-2-3-8-14(13)23-16(17)18/h2-3,7-8,11-12,16,21H,4-6,9-10H2,1H3,(H,19,22). The van der Waals surface area contributed by atoms with Crippen molar-refractivity contribution in [2.24, 2.45) is 0 Å². The van der Waals surface area contributed by atoms with Crippen LogP contribution in [0.4, 0.5) is 14.5 Å². The molecule has 0 radical (unpaired) electrons.